The van der Waals surface area contributed by atoms with E-state index in [9.17, 15) is 9.59 Å². The molecule has 6 nitrogen and oxygen atoms in total. The van der Waals surface area contributed by atoms with Crippen LogP contribution in [0.3, 0.4) is 0 Å². The minimum Gasteiger partial charge on any atom is -0.441 e. The molecule has 2 amide bonds. The summed E-state index contributed by atoms with van der Waals surface area (Å²) in [6, 6.07) is 9.57. The van der Waals surface area contributed by atoms with Crippen LogP contribution in [0, 0.1) is 12.8 Å². The minimum absolute atomic E-state index is 0.0511. The number of nitrogens with zero attached hydrogens (tertiary/aromatic N) is 2. The lowest BCUT2D eigenvalue weighted by Crippen LogP contribution is -2.32. The zero-order valence-corrected chi connectivity index (χ0v) is 13.0. The predicted octanol–water partition coefficient (Wildman–Crippen LogP) is 1.53. The fraction of sp³-hybridized carbons (Fsp3) is 0.353. The first-order valence-corrected chi connectivity index (χ1v) is 7.63. The van der Waals surface area contributed by atoms with Gasteiger partial charge in [-0.2, -0.15) is 0 Å². The van der Waals surface area contributed by atoms with Gasteiger partial charge in [0.05, 0.1) is 18.0 Å². The lowest BCUT2D eigenvalue weighted by Gasteiger charge is -2.15. The van der Waals surface area contributed by atoms with E-state index in [-0.39, 0.29) is 24.2 Å². The number of aryl methyl sites for hydroxylation is 1. The van der Waals surface area contributed by atoms with Crippen molar-refractivity contribution in [2.75, 3.05) is 13.1 Å². The van der Waals surface area contributed by atoms with E-state index in [1.54, 1.807) is 11.8 Å². The molecule has 0 saturated carbocycles. The van der Waals surface area contributed by atoms with Crippen LogP contribution < -0.4 is 5.73 Å². The van der Waals surface area contributed by atoms with Crippen molar-refractivity contribution in [2.45, 2.75) is 19.8 Å². The molecule has 1 atom stereocenters. The van der Waals surface area contributed by atoms with E-state index in [4.69, 9.17) is 10.2 Å². The van der Waals surface area contributed by atoms with Crippen LogP contribution in [0.2, 0.25) is 0 Å². The molecule has 23 heavy (non-hydrogen) atoms. The van der Waals surface area contributed by atoms with Crippen molar-refractivity contribution < 1.29 is 14.0 Å². The van der Waals surface area contributed by atoms with Crippen molar-refractivity contribution in [3.05, 3.63) is 41.8 Å². The molecule has 0 radical (unpaired) electrons. The first kappa shape index (κ1) is 15.3. The van der Waals surface area contributed by atoms with Crippen LogP contribution in [0.5, 0.6) is 0 Å². The Labute approximate surface area is 134 Å². The molecule has 2 aromatic rings. The van der Waals surface area contributed by atoms with Crippen LogP contribution in [-0.4, -0.2) is 34.8 Å². The van der Waals surface area contributed by atoms with Gasteiger partial charge in [0.15, 0.2) is 0 Å². The van der Waals surface area contributed by atoms with E-state index in [0.29, 0.717) is 36.9 Å². The molecular weight excluding hydrogens is 294 g/mol. The van der Waals surface area contributed by atoms with Crippen LogP contribution in [-0.2, 0) is 16.0 Å². The molecule has 0 bridgehead atoms. The standard InChI is InChI=1S/C17H19N3O3/c1-11-14(19-17(23-11)12-5-3-2-4-6-12)9-15(21)20-8-7-13(10-20)16(18)22/h2-6,13H,7-10H2,1H3,(H2,18,22)/t13-/m0/s1. The van der Waals surface area contributed by atoms with Crippen LogP contribution in [0.1, 0.15) is 17.9 Å². The number of rotatable bonds is 4. The van der Waals surface area contributed by atoms with Gasteiger partial charge in [0.2, 0.25) is 17.7 Å². The van der Waals surface area contributed by atoms with E-state index in [2.05, 4.69) is 4.98 Å². The Bertz CT molecular complexity index is 724. The van der Waals surface area contributed by atoms with Gasteiger partial charge >= 0.3 is 0 Å². The Kier molecular flexibility index (Phi) is 4.14. The molecular formula is C17H19N3O3. The average Bonchev–Trinajstić information content (AvgIpc) is 3.16. The quantitative estimate of drug-likeness (QED) is 0.927. The molecule has 1 aromatic carbocycles. The number of amides is 2. The number of hydrogen-bond acceptors (Lipinski definition) is 4. The topological polar surface area (TPSA) is 89.4 Å². The predicted molar refractivity (Wildman–Crippen MR) is 84.3 cm³/mol. The number of nitrogens with two attached hydrogens (primary N) is 1. The summed E-state index contributed by atoms with van der Waals surface area (Å²) in [6.07, 6.45) is 0.807. The Morgan fingerprint density at radius 1 is 1.35 bits per heavy atom. The summed E-state index contributed by atoms with van der Waals surface area (Å²) >= 11 is 0. The van der Waals surface area contributed by atoms with Gasteiger partial charge in [-0.05, 0) is 25.5 Å². The zero-order valence-electron chi connectivity index (χ0n) is 13.0. The van der Waals surface area contributed by atoms with Gasteiger partial charge < -0.3 is 15.1 Å². The molecule has 120 valence electrons. The van der Waals surface area contributed by atoms with E-state index in [1.165, 1.54) is 0 Å². The molecule has 1 aliphatic rings. The third kappa shape index (κ3) is 3.26. The summed E-state index contributed by atoms with van der Waals surface area (Å²) in [5.41, 5.74) is 6.81. The highest BCUT2D eigenvalue weighted by Crippen LogP contribution is 2.23. The lowest BCUT2D eigenvalue weighted by atomic mass is 10.1. The Morgan fingerprint density at radius 2 is 2.09 bits per heavy atom. The van der Waals surface area contributed by atoms with Crippen molar-refractivity contribution >= 4 is 11.8 Å². The van der Waals surface area contributed by atoms with Crippen LogP contribution in [0.15, 0.2) is 34.7 Å². The second-order valence-electron chi connectivity index (χ2n) is 5.79. The molecule has 0 aliphatic carbocycles. The summed E-state index contributed by atoms with van der Waals surface area (Å²) in [5, 5.41) is 0. The van der Waals surface area contributed by atoms with E-state index < -0.39 is 0 Å². The summed E-state index contributed by atoms with van der Waals surface area (Å²) in [6.45, 7) is 2.77. The summed E-state index contributed by atoms with van der Waals surface area (Å²) < 4.78 is 5.67. The summed E-state index contributed by atoms with van der Waals surface area (Å²) in [5.74, 6) is 0.525. The lowest BCUT2D eigenvalue weighted by molar-refractivity contribution is -0.129. The fourth-order valence-electron chi connectivity index (χ4n) is 2.77. The number of benzene rings is 1. The summed E-state index contributed by atoms with van der Waals surface area (Å²) in [4.78, 5) is 29.7. The maximum absolute atomic E-state index is 12.4. The molecule has 1 saturated heterocycles. The number of hydrogen-bond donors (Lipinski definition) is 1. The van der Waals surface area contributed by atoms with Crippen molar-refractivity contribution in [3.63, 3.8) is 0 Å². The number of likely N-dealkylation sites (tertiary alicyclic amines) is 1. The first-order chi connectivity index (χ1) is 11.0. The molecule has 1 aliphatic heterocycles. The maximum Gasteiger partial charge on any atom is 0.228 e. The highest BCUT2D eigenvalue weighted by Gasteiger charge is 2.30. The minimum atomic E-state index is -0.343. The SMILES string of the molecule is Cc1oc(-c2ccccc2)nc1CC(=O)N1CC[C@H](C(N)=O)C1. The Morgan fingerprint density at radius 3 is 2.74 bits per heavy atom. The smallest absolute Gasteiger partial charge is 0.228 e. The molecule has 0 unspecified atom stereocenters. The number of carbonyl (C=O) groups excluding carboxylic acids is 2. The van der Waals surface area contributed by atoms with Crippen molar-refractivity contribution in [1.82, 2.24) is 9.88 Å². The van der Waals surface area contributed by atoms with Crippen molar-refractivity contribution in [1.29, 1.82) is 0 Å². The molecule has 2 N–H and O–H groups in total. The number of carbonyl (C=O) groups is 2. The van der Waals surface area contributed by atoms with Gasteiger partial charge in [0.25, 0.3) is 0 Å². The van der Waals surface area contributed by atoms with Crippen LogP contribution in [0.25, 0.3) is 11.5 Å². The van der Waals surface area contributed by atoms with Gasteiger partial charge in [-0.3, -0.25) is 9.59 Å². The van der Waals surface area contributed by atoms with Crippen molar-refractivity contribution in [3.8, 4) is 11.5 Å². The molecule has 2 heterocycles. The van der Waals surface area contributed by atoms with Crippen LogP contribution >= 0.6 is 0 Å². The van der Waals surface area contributed by atoms with Gasteiger partial charge in [-0.1, -0.05) is 18.2 Å². The molecule has 1 aromatic heterocycles. The normalized spacial score (nSPS) is 17.4. The molecule has 1 fully saturated rings. The number of aromatic nitrogens is 1. The summed E-state index contributed by atoms with van der Waals surface area (Å²) in [7, 11) is 0. The average molecular weight is 313 g/mol. The third-order valence-corrected chi connectivity index (χ3v) is 4.18. The maximum atomic E-state index is 12.4. The van der Waals surface area contributed by atoms with E-state index in [0.717, 1.165) is 5.56 Å². The highest BCUT2D eigenvalue weighted by molar-refractivity contribution is 5.82. The largest absolute Gasteiger partial charge is 0.441 e. The molecule has 6 heteroatoms. The highest BCUT2D eigenvalue weighted by atomic mass is 16.4. The zero-order chi connectivity index (χ0) is 16.4. The fourth-order valence-corrected chi connectivity index (χ4v) is 2.77. The van der Waals surface area contributed by atoms with Gasteiger partial charge in [-0.15, -0.1) is 0 Å². The van der Waals surface area contributed by atoms with Gasteiger partial charge in [0.1, 0.15) is 5.76 Å². The van der Waals surface area contributed by atoms with Gasteiger partial charge in [0, 0.05) is 18.7 Å². The number of primary amides is 1. The molecule has 0 spiro atoms. The van der Waals surface area contributed by atoms with E-state index >= 15 is 0 Å². The Hall–Kier alpha value is -2.63. The molecule has 3 rings (SSSR count). The van der Waals surface area contributed by atoms with Gasteiger partial charge in [-0.25, -0.2) is 4.98 Å². The van der Waals surface area contributed by atoms with E-state index in [1.807, 2.05) is 30.3 Å². The Balaban J connectivity index is 1.70. The monoisotopic (exact) mass is 313 g/mol. The number of oxazole rings is 1. The second-order valence-corrected chi connectivity index (χ2v) is 5.79. The van der Waals surface area contributed by atoms with Crippen molar-refractivity contribution in [2.24, 2.45) is 11.7 Å². The first-order valence-electron chi connectivity index (χ1n) is 7.63. The second kappa shape index (κ2) is 6.24. The van der Waals surface area contributed by atoms with Crippen LogP contribution in [0.4, 0.5) is 0 Å². The third-order valence-electron chi connectivity index (χ3n) is 4.18.